The minimum absolute atomic E-state index is 0.000880. The van der Waals surface area contributed by atoms with E-state index in [4.69, 9.17) is 5.11 Å². The van der Waals surface area contributed by atoms with Crippen molar-refractivity contribution in [2.75, 3.05) is 12.8 Å². The van der Waals surface area contributed by atoms with Gasteiger partial charge in [-0.15, -0.1) is 0 Å². The number of rotatable bonds is 7. The lowest BCUT2D eigenvalue weighted by molar-refractivity contribution is -0.140. The molecule has 1 fully saturated rings. The van der Waals surface area contributed by atoms with Crippen LogP contribution in [-0.2, 0) is 9.59 Å². The number of hydrogen-bond acceptors (Lipinski definition) is 3. The Kier molecular flexibility index (Phi) is 5.99. The Morgan fingerprint density at radius 3 is 2.44 bits per heavy atom. The van der Waals surface area contributed by atoms with E-state index in [9.17, 15) is 9.59 Å². The summed E-state index contributed by atoms with van der Waals surface area (Å²) in [7, 11) is 0. The number of carboxylic acid groups (broad SMARTS) is 1. The van der Waals surface area contributed by atoms with Crippen LogP contribution in [0.1, 0.15) is 45.4 Å². The molecule has 0 aromatic carbocycles. The maximum atomic E-state index is 11.9. The number of thioether (sulfide) groups is 1. The van der Waals surface area contributed by atoms with Gasteiger partial charge in [0.05, 0.1) is 6.42 Å². The fourth-order valence-electron chi connectivity index (χ4n) is 2.61. The molecule has 1 aliphatic rings. The van der Waals surface area contributed by atoms with Crippen LogP contribution in [0.25, 0.3) is 0 Å². The first-order valence-electron chi connectivity index (χ1n) is 6.49. The van der Waals surface area contributed by atoms with Gasteiger partial charge in [-0.1, -0.05) is 19.8 Å². The highest BCUT2D eigenvalue weighted by Gasteiger charge is 2.37. The molecular weight excluding hydrogens is 250 g/mol. The highest BCUT2D eigenvalue weighted by molar-refractivity contribution is 7.99. The highest BCUT2D eigenvalue weighted by Crippen LogP contribution is 2.43. The Hall–Kier alpha value is -0.710. The molecule has 0 aromatic rings. The molecule has 0 aliphatic heterocycles. The first-order valence-corrected chi connectivity index (χ1v) is 7.77. The quantitative estimate of drug-likeness (QED) is 0.747. The van der Waals surface area contributed by atoms with Crippen molar-refractivity contribution in [3.63, 3.8) is 0 Å². The van der Waals surface area contributed by atoms with Crippen molar-refractivity contribution in [1.82, 2.24) is 5.32 Å². The van der Waals surface area contributed by atoms with Crippen LogP contribution in [0.3, 0.4) is 0 Å². The van der Waals surface area contributed by atoms with E-state index in [1.165, 1.54) is 0 Å². The van der Waals surface area contributed by atoms with Crippen molar-refractivity contribution in [2.45, 2.75) is 50.7 Å². The molecule has 2 N–H and O–H groups in total. The minimum atomic E-state index is -0.790. The number of aliphatic carboxylic acids is 1. The van der Waals surface area contributed by atoms with Gasteiger partial charge in [-0.05, 0) is 24.5 Å². The van der Waals surface area contributed by atoms with Crippen molar-refractivity contribution in [3.05, 3.63) is 0 Å². The second kappa shape index (κ2) is 7.02. The number of hydrogen-bond donors (Lipinski definition) is 2. The Morgan fingerprint density at radius 2 is 1.94 bits per heavy atom. The largest absolute Gasteiger partial charge is 0.481 e. The molecule has 0 saturated heterocycles. The summed E-state index contributed by atoms with van der Waals surface area (Å²) in [4.78, 5) is 22.8. The molecule has 0 spiro atoms. The zero-order chi connectivity index (χ0) is 13.6. The monoisotopic (exact) mass is 273 g/mol. The molecule has 0 radical (unpaired) electrons. The average molecular weight is 273 g/mol. The van der Waals surface area contributed by atoms with Crippen LogP contribution in [0.15, 0.2) is 0 Å². The van der Waals surface area contributed by atoms with Crippen LogP contribution in [0.5, 0.6) is 0 Å². The van der Waals surface area contributed by atoms with Gasteiger partial charge in [-0.25, -0.2) is 0 Å². The third-order valence-corrected chi connectivity index (χ3v) is 4.69. The van der Waals surface area contributed by atoms with Crippen LogP contribution in [-0.4, -0.2) is 35.0 Å². The minimum Gasteiger partial charge on any atom is -0.481 e. The van der Waals surface area contributed by atoms with Gasteiger partial charge >= 0.3 is 5.97 Å². The van der Waals surface area contributed by atoms with E-state index in [-0.39, 0.29) is 17.7 Å². The predicted octanol–water partition coefficient (Wildman–Crippen LogP) is 2.28. The zero-order valence-electron chi connectivity index (χ0n) is 11.2. The molecule has 1 amide bonds. The Bertz CT molecular complexity index is 301. The Labute approximate surface area is 113 Å². The highest BCUT2D eigenvalue weighted by atomic mass is 32.2. The first-order chi connectivity index (χ1) is 8.47. The summed E-state index contributed by atoms with van der Waals surface area (Å²) in [6, 6.07) is 0. The number of nitrogens with one attached hydrogen (secondary N) is 1. The number of carbonyl (C=O) groups is 2. The van der Waals surface area contributed by atoms with E-state index >= 15 is 0 Å². The average Bonchev–Trinajstić information content (AvgIpc) is 2.73. The van der Waals surface area contributed by atoms with Crippen LogP contribution < -0.4 is 5.32 Å². The lowest BCUT2D eigenvalue weighted by atomic mass is 9.79. The van der Waals surface area contributed by atoms with Gasteiger partial charge in [0.25, 0.3) is 0 Å². The molecule has 1 saturated carbocycles. The summed E-state index contributed by atoms with van der Waals surface area (Å²) < 4.78 is 0. The van der Waals surface area contributed by atoms with Gasteiger partial charge in [0.15, 0.2) is 0 Å². The van der Waals surface area contributed by atoms with Gasteiger partial charge in [0.2, 0.25) is 5.91 Å². The summed E-state index contributed by atoms with van der Waals surface area (Å²) in [6.07, 6.45) is 6.32. The molecule has 5 heteroatoms. The van der Waals surface area contributed by atoms with E-state index < -0.39 is 5.97 Å². The Balaban J connectivity index is 2.46. The predicted molar refractivity (Wildman–Crippen MR) is 73.8 cm³/mol. The smallest absolute Gasteiger partial charge is 0.303 e. The molecule has 1 atom stereocenters. The fourth-order valence-corrected chi connectivity index (χ4v) is 2.86. The van der Waals surface area contributed by atoms with Crippen LogP contribution in [0, 0.1) is 5.41 Å². The van der Waals surface area contributed by atoms with Gasteiger partial charge in [0, 0.05) is 18.2 Å². The number of carbonyl (C=O) groups excluding carboxylic acids is 1. The number of amides is 1. The maximum absolute atomic E-state index is 11.9. The van der Waals surface area contributed by atoms with Gasteiger partial charge < -0.3 is 10.4 Å². The fraction of sp³-hybridized carbons (Fsp3) is 0.846. The van der Waals surface area contributed by atoms with Crippen LogP contribution >= 0.6 is 11.8 Å². The van der Waals surface area contributed by atoms with E-state index in [1.54, 1.807) is 11.8 Å². The second-order valence-electron chi connectivity index (χ2n) is 5.30. The molecule has 0 bridgehead atoms. The molecule has 104 valence electrons. The van der Waals surface area contributed by atoms with E-state index in [0.717, 1.165) is 25.7 Å². The topological polar surface area (TPSA) is 66.4 Å². The standard InChI is InChI=1S/C13H23NO3S/c1-10(18-2)9-14-11(15)7-13(8-12(16)17)5-3-4-6-13/h10H,3-9H2,1-2H3,(H,14,15)(H,16,17). The van der Waals surface area contributed by atoms with E-state index in [1.807, 2.05) is 6.26 Å². The van der Waals surface area contributed by atoms with Gasteiger partial charge in [-0.3, -0.25) is 9.59 Å². The first kappa shape index (κ1) is 15.3. The number of carboxylic acids is 1. The van der Waals surface area contributed by atoms with Gasteiger partial charge in [-0.2, -0.15) is 11.8 Å². The normalized spacial score (nSPS) is 19.4. The molecule has 1 rings (SSSR count). The molecule has 0 heterocycles. The summed E-state index contributed by atoms with van der Waals surface area (Å²) in [5, 5.41) is 12.3. The summed E-state index contributed by atoms with van der Waals surface area (Å²) in [6.45, 7) is 2.72. The third-order valence-electron chi connectivity index (χ3n) is 3.72. The molecule has 1 unspecified atom stereocenters. The lowest BCUT2D eigenvalue weighted by Crippen LogP contribution is -2.34. The third kappa shape index (κ3) is 4.88. The van der Waals surface area contributed by atoms with Crippen LogP contribution in [0.2, 0.25) is 0 Å². The van der Waals surface area contributed by atoms with E-state index in [2.05, 4.69) is 12.2 Å². The van der Waals surface area contributed by atoms with Crippen molar-refractivity contribution in [1.29, 1.82) is 0 Å². The van der Waals surface area contributed by atoms with Crippen molar-refractivity contribution in [2.24, 2.45) is 5.41 Å². The molecular formula is C13H23NO3S. The lowest BCUT2D eigenvalue weighted by Gasteiger charge is -2.26. The Morgan fingerprint density at radius 1 is 1.33 bits per heavy atom. The van der Waals surface area contributed by atoms with Crippen molar-refractivity contribution >= 4 is 23.6 Å². The van der Waals surface area contributed by atoms with Gasteiger partial charge in [0.1, 0.15) is 0 Å². The zero-order valence-corrected chi connectivity index (χ0v) is 12.0. The van der Waals surface area contributed by atoms with Crippen LogP contribution in [0.4, 0.5) is 0 Å². The summed E-state index contributed by atoms with van der Waals surface area (Å²) >= 11 is 1.71. The van der Waals surface area contributed by atoms with E-state index in [0.29, 0.717) is 18.2 Å². The van der Waals surface area contributed by atoms with Crippen molar-refractivity contribution in [3.8, 4) is 0 Å². The second-order valence-corrected chi connectivity index (χ2v) is 6.58. The molecule has 4 nitrogen and oxygen atoms in total. The summed E-state index contributed by atoms with van der Waals surface area (Å²) in [5.74, 6) is -0.791. The molecule has 1 aliphatic carbocycles. The summed E-state index contributed by atoms with van der Waals surface area (Å²) in [5.41, 5.74) is -0.293. The SMILES string of the molecule is CSC(C)CNC(=O)CC1(CC(=O)O)CCCC1. The van der Waals surface area contributed by atoms with Crippen molar-refractivity contribution < 1.29 is 14.7 Å². The molecule has 18 heavy (non-hydrogen) atoms. The maximum Gasteiger partial charge on any atom is 0.303 e. The molecule has 0 aromatic heterocycles.